The van der Waals surface area contributed by atoms with Crippen LogP contribution < -0.4 is 11.0 Å². The van der Waals surface area contributed by atoms with Gasteiger partial charge in [0.25, 0.3) is 0 Å². The lowest BCUT2D eigenvalue weighted by Crippen LogP contribution is -2.43. The number of nitrogens with zero attached hydrogens (tertiary/aromatic N) is 1. The number of aromatic amines is 2. The summed E-state index contributed by atoms with van der Waals surface area (Å²) in [5, 5.41) is 12.8. The normalized spacial score (nSPS) is 19.3. The second kappa shape index (κ2) is 8.17. The van der Waals surface area contributed by atoms with Crippen molar-refractivity contribution in [2.45, 2.75) is 31.4 Å². The van der Waals surface area contributed by atoms with Gasteiger partial charge in [-0.3, -0.25) is 9.59 Å². The van der Waals surface area contributed by atoms with E-state index >= 15 is 0 Å². The third kappa shape index (κ3) is 4.82. The Morgan fingerprint density at radius 1 is 1.30 bits per heavy atom. The summed E-state index contributed by atoms with van der Waals surface area (Å²) in [5.74, 6) is -1.04. The molecule has 4 N–H and O–H groups in total. The molecule has 1 saturated heterocycles. The molecule has 2 aromatic rings. The van der Waals surface area contributed by atoms with Crippen LogP contribution in [-0.4, -0.2) is 57.0 Å². The van der Waals surface area contributed by atoms with Crippen molar-refractivity contribution in [3.63, 3.8) is 0 Å². The zero-order chi connectivity index (χ0) is 19.4. The number of aryl methyl sites for hydroxylation is 1. The van der Waals surface area contributed by atoms with E-state index in [4.69, 9.17) is 0 Å². The molecule has 3 rings (SSSR count). The molecule has 0 bridgehead atoms. The number of likely N-dealkylation sites (tertiary alicyclic amines) is 1. The number of halogens is 1. The highest BCUT2D eigenvalue weighted by Gasteiger charge is 2.34. The van der Waals surface area contributed by atoms with E-state index in [1.54, 1.807) is 18.2 Å². The molecule has 0 aliphatic carbocycles. The van der Waals surface area contributed by atoms with E-state index in [0.29, 0.717) is 17.7 Å². The second-order valence-corrected chi connectivity index (χ2v) is 6.58. The molecule has 0 saturated carbocycles. The summed E-state index contributed by atoms with van der Waals surface area (Å²) in [4.78, 5) is 41.9. The van der Waals surface area contributed by atoms with E-state index in [0.717, 1.165) is 0 Å². The number of aliphatic hydroxyl groups is 1. The van der Waals surface area contributed by atoms with Crippen LogP contribution in [0.15, 0.2) is 35.3 Å². The maximum absolute atomic E-state index is 13.7. The minimum Gasteiger partial charge on any atom is -0.389 e. The first kappa shape index (κ1) is 18.8. The number of amides is 2. The fourth-order valence-corrected chi connectivity index (χ4v) is 3.08. The molecule has 9 heteroatoms. The van der Waals surface area contributed by atoms with Crippen molar-refractivity contribution in [2.24, 2.45) is 0 Å². The molecule has 2 atom stereocenters. The highest BCUT2D eigenvalue weighted by Crippen LogP contribution is 2.14. The van der Waals surface area contributed by atoms with Gasteiger partial charge in [0, 0.05) is 31.4 Å². The van der Waals surface area contributed by atoms with E-state index in [1.165, 1.54) is 17.2 Å². The number of aromatic nitrogens is 2. The summed E-state index contributed by atoms with van der Waals surface area (Å²) in [6.07, 6.45) is 1.01. The maximum Gasteiger partial charge on any atom is 0.323 e. The average Bonchev–Trinajstić information content (AvgIpc) is 3.21. The molecule has 0 unspecified atom stereocenters. The Bertz CT molecular complexity index is 878. The SMILES string of the molecule is O=C(CCc1c[nH]c(=O)[nH]1)N[C@H]1CN(C(=O)Cc2ccccc2F)C[C@H]1O. The summed E-state index contributed by atoms with van der Waals surface area (Å²) < 4.78 is 13.7. The molecule has 144 valence electrons. The Morgan fingerprint density at radius 2 is 2.07 bits per heavy atom. The van der Waals surface area contributed by atoms with Crippen LogP contribution in [0, 0.1) is 5.82 Å². The number of hydrogen-bond donors (Lipinski definition) is 4. The topological polar surface area (TPSA) is 118 Å². The van der Waals surface area contributed by atoms with Gasteiger partial charge in [0.05, 0.1) is 18.6 Å². The predicted octanol–water partition coefficient (Wildman–Crippen LogP) is -0.295. The fraction of sp³-hybridized carbons (Fsp3) is 0.389. The van der Waals surface area contributed by atoms with Gasteiger partial charge in [0.1, 0.15) is 5.82 Å². The number of benzene rings is 1. The lowest BCUT2D eigenvalue weighted by atomic mass is 10.1. The second-order valence-electron chi connectivity index (χ2n) is 6.58. The van der Waals surface area contributed by atoms with Crippen molar-refractivity contribution in [2.75, 3.05) is 13.1 Å². The first-order chi connectivity index (χ1) is 12.9. The van der Waals surface area contributed by atoms with Crippen molar-refractivity contribution < 1.29 is 19.1 Å². The van der Waals surface area contributed by atoms with E-state index in [2.05, 4.69) is 15.3 Å². The number of carbonyl (C=O) groups is 2. The first-order valence-electron chi connectivity index (χ1n) is 8.67. The van der Waals surface area contributed by atoms with Crippen molar-refractivity contribution in [3.05, 3.63) is 58.0 Å². The quantitative estimate of drug-likeness (QED) is 0.554. The molecule has 0 spiro atoms. The van der Waals surface area contributed by atoms with Gasteiger partial charge < -0.3 is 25.3 Å². The van der Waals surface area contributed by atoms with Gasteiger partial charge in [0.15, 0.2) is 0 Å². The molecule has 27 heavy (non-hydrogen) atoms. The Balaban J connectivity index is 1.50. The van der Waals surface area contributed by atoms with Gasteiger partial charge in [-0.15, -0.1) is 0 Å². The lowest BCUT2D eigenvalue weighted by Gasteiger charge is -2.17. The summed E-state index contributed by atoms with van der Waals surface area (Å²) in [7, 11) is 0. The van der Waals surface area contributed by atoms with Gasteiger partial charge in [-0.25, -0.2) is 9.18 Å². The number of nitrogens with one attached hydrogen (secondary N) is 3. The van der Waals surface area contributed by atoms with Gasteiger partial charge >= 0.3 is 5.69 Å². The molecule has 1 aromatic heterocycles. The standard InChI is InChI=1S/C18H21FN4O4/c19-13-4-2-1-3-11(13)7-17(26)23-9-14(15(24)10-23)22-16(25)6-5-12-8-20-18(27)21-12/h1-4,8,14-15,24H,5-7,9-10H2,(H,22,25)(H2,20,21,27)/t14-,15+/m0/s1. The van der Waals surface area contributed by atoms with Crippen molar-refractivity contribution >= 4 is 11.8 Å². The Kier molecular flexibility index (Phi) is 5.70. The van der Waals surface area contributed by atoms with Gasteiger partial charge in [-0.1, -0.05) is 18.2 Å². The van der Waals surface area contributed by atoms with Crippen LogP contribution in [0.3, 0.4) is 0 Å². The van der Waals surface area contributed by atoms with E-state index in [9.17, 15) is 23.9 Å². The van der Waals surface area contributed by atoms with Crippen LogP contribution in [0.4, 0.5) is 4.39 Å². The molecular formula is C18H21FN4O4. The number of imidazole rings is 1. The summed E-state index contributed by atoms with van der Waals surface area (Å²) >= 11 is 0. The van der Waals surface area contributed by atoms with Crippen LogP contribution >= 0.6 is 0 Å². The highest BCUT2D eigenvalue weighted by atomic mass is 19.1. The number of hydrogen-bond acceptors (Lipinski definition) is 4. The van der Waals surface area contributed by atoms with Crippen LogP contribution in [-0.2, 0) is 22.4 Å². The number of H-pyrrole nitrogens is 2. The largest absolute Gasteiger partial charge is 0.389 e. The number of aliphatic hydroxyl groups excluding tert-OH is 1. The molecule has 2 amide bonds. The van der Waals surface area contributed by atoms with Gasteiger partial charge in [-0.05, 0) is 18.1 Å². The Morgan fingerprint density at radius 3 is 2.78 bits per heavy atom. The van der Waals surface area contributed by atoms with Crippen LogP contribution in [0.5, 0.6) is 0 Å². The molecule has 1 aliphatic heterocycles. The molecule has 1 aliphatic rings. The summed E-state index contributed by atoms with van der Waals surface area (Å²) in [5.41, 5.74) is 0.578. The zero-order valence-electron chi connectivity index (χ0n) is 14.6. The lowest BCUT2D eigenvalue weighted by molar-refractivity contribution is -0.130. The van der Waals surface area contributed by atoms with Gasteiger partial charge in [0.2, 0.25) is 11.8 Å². The zero-order valence-corrected chi connectivity index (χ0v) is 14.6. The van der Waals surface area contributed by atoms with E-state index in [-0.39, 0.29) is 43.4 Å². The van der Waals surface area contributed by atoms with E-state index < -0.39 is 18.0 Å². The predicted molar refractivity (Wildman–Crippen MR) is 94.4 cm³/mol. The monoisotopic (exact) mass is 376 g/mol. The van der Waals surface area contributed by atoms with Crippen molar-refractivity contribution in [1.29, 1.82) is 0 Å². The number of rotatable bonds is 6. The van der Waals surface area contributed by atoms with Gasteiger partial charge in [-0.2, -0.15) is 0 Å². The minimum atomic E-state index is -0.884. The smallest absolute Gasteiger partial charge is 0.323 e. The fourth-order valence-electron chi connectivity index (χ4n) is 3.08. The summed E-state index contributed by atoms with van der Waals surface area (Å²) in [6, 6.07) is 5.47. The number of β-amino-alcohol motifs (C(OH)–C–C–N with tert-alkyl or cyclic N) is 1. The molecule has 2 heterocycles. The number of carbonyl (C=O) groups excluding carboxylic acids is 2. The van der Waals surface area contributed by atoms with Crippen LogP contribution in [0.2, 0.25) is 0 Å². The molecule has 0 radical (unpaired) electrons. The minimum absolute atomic E-state index is 0.0867. The Labute approximate surface area is 154 Å². The maximum atomic E-state index is 13.7. The van der Waals surface area contributed by atoms with E-state index in [1.807, 2.05) is 0 Å². The molecular weight excluding hydrogens is 355 g/mol. The molecule has 1 aromatic carbocycles. The van der Waals surface area contributed by atoms with Crippen LogP contribution in [0.1, 0.15) is 17.7 Å². The first-order valence-corrected chi connectivity index (χ1v) is 8.67. The third-order valence-corrected chi connectivity index (χ3v) is 4.56. The molecule has 8 nitrogen and oxygen atoms in total. The van der Waals surface area contributed by atoms with Crippen LogP contribution in [0.25, 0.3) is 0 Å². The highest BCUT2D eigenvalue weighted by molar-refractivity contribution is 5.80. The summed E-state index contributed by atoms with van der Waals surface area (Å²) in [6.45, 7) is 0.255. The average molecular weight is 376 g/mol. The third-order valence-electron chi connectivity index (χ3n) is 4.56. The van der Waals surface area contributed by atoms with Crippen molar-refractivity contribution in [1.82, 2.24) is 20.2 Å². The molecule has 1 fully saturated rings. The Hall–Kier alpha value is -2.94. The van der Waals surface area contributed by atoms with Crippen molar-refractivity contribution in [3.8, 4) is 0 Å².